The summed E-state index contributed by atoms with van der Waals surface area (Å²) < 4.78 is 0. The topological polar surface area (TPSA) is 107 Å². The smallest absolute Gasteiger partial charge is 0.303 e. The monoisotopic (exact) mass is 314 g/mol. The van der Waals surface area contributed by atoms with E-state index in [2.05, 4.69) is 5.32 Å². The minimum absolute atomic E-state index is 0.0156. The molecule has 23 heavy (non-hydrogen) atoms. The molecule has 0 radical (unpaired) electrons. The number of carboxylic acids is 2. The van der Waals surface area contributed by atoms with Crippen LogP contribution in [0.15, 0.2) is 42.5 Å². The summed E-state index contributed by atoms with van der Waals surface area (Å²) in [6.45, 7) is 0. The molecule has 0 spiro atoms. The van der Waals surface area contributed by atoms with E-state index in [-0.39, 0.29) is 19.3 Å². The second-order valence-corrected chi connectivity index (χ2v) is 5.23. The fourth-order valence-electron chi connectivity index (χ4n) is 2.30. The highest BCUT2D eigenvalue weighted by atomic mass is 16.4. The average molecular weight is 314 g/mol. The highest BCUT2D eigenvalue weighted by Crippen LogP contribution is 2.16. The lowest BCUT2D eigenvalue weighted by molar-refractivity contribution is -0.308. The van der Waals surface area contributed by atoms with Gasteiger partial charge in [-0.25, -0.2) is 0 Å². The van der Waals surface area contributed by atoms with E-state index in [1.54, 1.807) is 6.07 Å². The zero-order chi connectivity index (χ0) is 16.8. The van der Waals surface area contributed by atoms with Crippen LogP contribution in [-0.2, 0) is 20.8 Å². The maximum atomic E-state index is 12.0. The molecule has 0 bridgehead atoms. The second kappa shape index (κ2) is 7.40. The van der Waals surface area contributed by atoms with E-state index in [9.17, 15) is 19.5 Å². The van der Waals surface area contributed by atoms with Gasteiger partial charge < -0.3 is 20.3 Å². The summed E-state index contributed by atoms with van der Waals surface area (Å²) in [6.07, 6.45) is -0.544. The van der Waals surface area contributed by atoms with Crippen molar-refractivity contribution in [3.05, 3.63) is 48.0 Å². The summed E-state index contributed by atoms with van der Waals surface area (Å²) in [4.78, 5) is 33.4. The number of carboxylic acid groups (broad SMARTS) is 2. The third kappa shape index (κ3) is 4.81. The molecular formula is C17H16NO5-. The van der Waals surface area contributed by atoms with Crippen LogP contribution in [0.5, 0.6) is 0 Å². The van der Waals surface area contributed by atoms with E-state index in [1.807, 2.05) is 36.4 Å². The Kier molecular flexibility index (Phi) is 5.30. The molecule has 2 N–H and O–H groups in total. The van der Waals surface area contributed by atoms with Crippen molar-refractivity contribution >= 4 is 28.6 Å². The van der Waals surface area contributed by atoms with Crippen molar-refractivity contribution in [2.45, 2.75) is 25.3 Å². The van der Waals surface area contributed by atoms with Gasteiger partial charge in [-0.15, -0.1) is 0 Å². The predicted molar refractivity (Wildman–Crippen MR) is 81.5 cm³/mol. The van der Waals surface area contributed by atoms with Crippen LogP contribution in [0.4, 0.5) is 0 Å². The molecule has 2 aromatic rings. The fraction of sp³-hybridized carbons (Fsp3) is 0.235. The fourth-order valence-corrected chi connectivity index (χ4v) is 2.30. The number of benzene rings is 2. The molecule has 2 rings (SSSR count). The highest BCUT2D eigenvalue weighted by molar-refractivity contribution is 5.87. The summed E-state index contributed by atoms with van der Waals surface area (Å²) >= 11 is 0. The number of carbonyl (C=O) groups is 3. The Morgan fingerprint density at radius 1 is 1.09 bits per heavy atom. The van der Waals surface area contributed by atoms with Gasteiger partial charge in [0.2, 0.25) is 5.91 Å². The molecule has 1 amide bonds. The normalized spacial score (nSPS) is 11.8. The van der Waals surface area contributed by atoms with Crippen molar-refractivity contribution in [3.63, 3.8) is 0 Å². The van der Waals surface area contributed by atoms with Crippen LogP contribution in [0.3, 0.4) is 0 Å². The molecule has 2 aromatic carbocycles. The first-order valence-electron chi connectivity index (χ1n) is 7.15. The van der Waals surface area contributed by atoms with Gasteiger partial charge in [0.05, 0.1) is 18.4 Å². The van der Waals surface area contributed by atoms with Gasteiger partial charge in [-0.3, -0.25) is 9.59 Å². The van der Waals surface area contributed by atoms with Crippen molar-refractivity contribution < 1.29 is 24.6 Å². The summed E-state index contributed by atoms with van der Waals surface area (Å²) in [5, 5.41) is 23.9. The second-order valence-electron chi connectivity index (χ2n) is 5.23. The molecular weight excluding hydrogens is 298 g/mol. The van der Waals surface area contributed by atoms with E-state index < -0.39 is 23.9 Å². The zero-order valence-electron chi connectivity index (χ0n) is 12.3. The summed E-state index contributed by atoms with van der Waals surface area (Å²) in [5.41, 5.74) is 0.747. The standard InChI is InChI=1S/C17H17NO5/c19-15(18-14(17(22)23)7-8-16(20)21)10-11-5-6-12-3-1-2-4-13(12)9-11/h1-6,9,14H,7-8,10H2,(H,18,19)(H,20,21)(H,22,23)/p-1. The Balaban J connectivity index is 2.01. The number of hydrogen-bond donors (Lipinski definition) is 2. The molecule has 120 valence electrons. The van der Waals surface area contributed by atoms with Crippen molar-refractivity contribution in [2.24, 2.45) is 0 Å². The van der Waals surface area contributed by atoms with E-state index in [1.165, 1.54) is 0 Å². The first-order chi connectivity index (χ1) is 11.0. The first-order valence-corrected chi connectivity index (χ1v) is 7.15. The number of amides is 1. The van der Waals surface area contributed by atoms with Crippen molar-refractivity contribution in [2.75, 3.05) is 0 Å². The summed E-state index contributed by atoms with van der Waals surface area (Å²) in [7, 11) is 0. The third-order valence-electron chi connectivity index (χ3n) is 3.45. The van der Waals surface area contributed by atoms with Gasteiger partial charge in [0.15, 0.2) is 0 Å². The molecule has 6 heteroatoms. The lowest BCUT2D eigenvalue weighted by atomic mass is 10.0. The third-order valence-corrected chi connectivity index (χ3v) is 3.45. The van der Waals surface area contributed by atoms with Gasteiger partial charge in [0, 0.05) is 6.42 Å². The first kappa shape index (κ1) is 16.5. The van der Waals surface area contributed by atoms with Crippen LogP contribution in [0.1, 0.15) is 18.4 Å². The van der Waals surface area contributed by atoms with E-state index >= 15 is 0 Å². The van der Waals surface area contributed by atoms with Crippen LogP contribution < -0.4 is 10.4 Å². The van der Waals surface area contributed by atoms with Crippen molar-refractivity contribution in [1.82, 2.24) is 5.32 Å². The number of nitrogens with one attached hydrogen (secondary N) is 1. The van der Waals surface area contributed by atoms with E-state index in [0.29, 0.717) is 0 Å². The van der Waals surface area contributed by atoms with Gasteiger partial charge in [-0.1, -0.05) is 42.5 Å². The largest absolute Gasteiger partial charge is 0.548 e. The minimum Gasteiger partial charge on any atom is -0.548 e. The van der Waals surface area contributed by atoms with Gasteiger partial charge in [0.1, 0.15) is 0 Å². The molecule has 0 saturated heterocycles. The van der Waals surface area contributed by atoms with Crippen LogP contribution in [0.2, 0.25) is 0 Å². The van der Waals surface area contributed by atoms with Crippen LogP contribution >= 0.6 is 0 Å². The lowest BCUT2D eigenvalue weighted by Crippen LogP contribution is -2.48. The Bertz CT molecular complexity index is 741. The van der Waals surface area contributed by atoms with Gasteiger partial charge in [-0.05, 0) is 22.8 Å². The van der Waals surface area contributed by atoms with E-state index in [4.69, 9.17) is 5.11 Å². The number of hydrogen-bond acceptors (Lipinski definition) is 4. The molecule has 6 nitrogen and oxygen atoms in total. The molecule has 1 unspecified atom stereocenters. The van der Waals surface area contributed by atoms with Crippen molar-refractivity contribution in [1.29, 1.82) is 0 Å². The van der Waals surface area contributed by atoms with Crippen LogP contribution in [0, 0.1) is 0 Å². The molecule has 0 aliphatic carbocycles. The maximum absolute atomic E-state index is 12.0. The molecule has 0 heterocycles. The number of aliphatic carboxylic acids is 2. The maximum Gasteiger partial charge on any atom is 0.303 e. The van der Waals surface area contributed by atoms with Crippen LogP contribution in [-0.4, -0.2) is 29.0 Å². The molecule has 0 saturated carbocycles. The zero-order valence-corrected chi connectivity index (χ0v) is 12.3. The molecule has 1 atom stereocenters. The predicted octanol–water partition coefficient (Wildman–Crippen LogP) is 0.482. The lowest BCUT2D eigenvalue weighted by Gasteiger charge is -2.19. The van der Waals surface area contributed by atoms with Gasteiger partial charge >= 0.3 is 5.97 Å². The van der Waals surface area contributed by atoms with Gasteiger partial charge in [-0.2, -0.15) is 0 Å². The summed E-state index contributed by atoms with van der Waals surface area (Å²) in [5.74, 6) is -3.10. The average Bonchev–Trinajstić information content (AvgIpc) is 2.50. The van der Waals surface area contributed by atoms with Crippen molar-refractivity contribution in [3.8, 4) is 0 Å². The number of rotatable bonds is 7. The van der Waals surface area contributed by atoms with Crippen LogP contribution in [0.25, 0.3) is 10.8 Å². The Morgan fingerprint density at radius 3 is 2.43 bits per heavy atom. The van der Waals surface area contributed by atoms with Gasteiger partial charge in [0.25, 0.3) is 0 Å². The summed E-state index contributed by atoms with van der Waals surface area (Å²) in [6, 6.07) is 11.9. The molecule has 0 aliphatic heterocycles. The Hall–Kier alpha value is -2.89. The SMILES string of the molecule is O=C(O)CCC(NC(=O)Cc1ccc2ccccc2c1)C(=O)[O-]. The number of carbonyl (C=O) groups excluding carboxylic acids is 2. The highest BCUT2D eigenvalue weighted by Gasteiger charge is 2.15. The quantitative estimate of drug-likeness (QED) is 0.773. The Morgan fingerprint density at radius 2 is 1.78 bits per heavy atom. The molecule has 0 aromatic heterocycles. The number of fused-ring (bicyclic) bond motifs is 1. The molecule has 0 aliphatic rings. The Labute approximate surface area is 132 Å². The van der Waals surface area contributed by atoms with E-state index in [0.717, 1.165) is 16.3 Å². The molecule has 0 fully saturated rings. The minimum atomic E-state index is -1.49.